The van der Waals surface area contributed by atoms with Crippen LogP contribution in [0, 0.1) is 0 Å². The summed E-state index contributed by atoms with van der Waals surface area (Å²) in [6.07, 6.45) is 4.15. The number of aromatic nitrogens is 1. The zero-order chi connectivity index (χ0) is 9.97. The van der Waals surface area contributed by atoms with E-state index in [2.05, 4.69) is 4.98 Å². The van der Waals surface area contributed by atoms with Crippen molar-refractivity contribution in [3.63, 3.8) is 0 Å². The molecule has 74 valence electrons. The van der Waals surface area contributed by atoms with Gasteiger partial charge in [0.05, 0.1) is 23.9 Å². The molecule has 0 fully saturated rings. The first-order chi connectivity index (χ1) is 6.85. The Bertz CT molecular complexity index is 419. The molecule has 0 bridgehead atoms. The van der Waals surface area contributed by atoms with Crippen molar-refractivity contribution >= 4 is 11.6 Å². The van der Waals surface area contributed by atoms with Gasteiger partial charge < -0.3 is 8.83 Å². The summed E-state index contributed by atoms with van der Waals surface area (Å²) in [6, 6.07) is 1.87. The molecule has 2 aromatic rings. The fourth-order valence-corrected chi connectivity index (χ4v) is 1.45. The van der Waals surface area contributed by atoms with Crippen LogP contribution in [0.2, 0.25) is 0 Å². The Morgan fingerprint density at radius 2 is 2.36 bits per heavy atom. The number of furan rings is 1. The second kappa shape index (κ2) is 3.88. The summed E-state index contributed by atoms with van der Waals surface area (Å²) in [5.41, 5.74) is 0.955. The van der Waals surface area contributed by atoms with Gasteiger partial charge in [-0.3, -0.25) is 0 Å². The molecule has 4 heteroatoms. The molecule has 0 aliphatic heterocycles. The van der Waals surface area contributed by atoms with Crippen LogP contribution in [0.1, 0.15) is 18.6 Å². The standard InChI is InChI=1S/C10H10ClNO2/c1-2-8-7(3-4-13-8)9-6-12-10(5-11)14-9/h3-4,6H,2,5H2,1H3. The van der Waals surface area contributed by atoms with Crippen molar-refractivity contribution in [1.29, 1.82) is 0 Å². The normalized spacial score (nSPS) is 10.7. The van der Waals surface area contributed by atoms with Crippen LogP contribution in [0.15, 0.2) is 27.4 Å². The number of halogens is 1. The van der Waals surface area contributed by atoms with E-state index in [0.717, 1.165) is 17.7 Å². The minimum Gasteiger partial charge on any atom is -0.469 e. The van der Waals surface area contributed by atoms with E-state index in [1.807, 2.05) is 13.0 Å². The Hall–Kier alpha value is -1.22. The number of nitrogens with zero attached hydrogens (tertiary/aromatic N) is 1. The Kier molecular flexibility index (Phi) is 2.59. The fourth-order valence-electron chi connectivity index (χ4n) is 1.33. The molecule has 0 unspecified atom stereocenters. The minimum atomic E-state index is 0.291. The molecule has 3 nitrogen and oxygen atoms in total. The van der Waals surface area contributed by atoms with Gasteiger partial charge in [0.1, 0.15) is 5.76 Å². The molecule has 0 spiro atoms. The highest BCUT2D eigenvalue weighted by atomic mass is 35.5. The van der Waals surface area contributed by atoms with Crippen molar-refractivity contribution in [2.24, 2.45) is 0 Å². The molecule has 0 saturated heterocycles. The molecule has 0 amide bonds. The molecular formula is C10H10ClNO2. The quantitative estimate of drug-likeness (QED) is 0.732. The maximum atomic E-state index is 5.60. The summed E-state index contributed by atoms with van der Waals surface area (Å²) in [4.78, 5) is 4.03. The van der Waals surface area contributed by atoms with E-state index in [-0.39, 0.29) is 0 Å². The molecule has 2 heterocycles. The lowest BCUT2D eigenvalue weighted by molar-refractivity contribution is 0.507. The third-order valence-electron chi connectivity index (χ3n) is 2.00. The smallest absolute Gasteiger partial charge is 0.209 e. The van der Waals surface area contributed by atoms with Crippen LogP contribution in [-0.2, 0) is 12.3 Å². The van der Waals surface area contributed by atoms with Crippen molar-refractivity contribution < 1.29 is 8.83 Å². The van der Waals surface area contributed by atoms with Crippen molar-refractivity contribution in [2.75, 3.05) is 0 Å². The van der Waals surface area contributed by atoms with Crippen molar-refractivity contribution in [2.45, 2.75) is 19.2 Å². The van der Waals surface area contributed by atoms with E-state index < -0.39 is 0 Å². The maximum absolute atomic E-state index is 5.60. The summed E-state index contributed by atoms with van der Waals surface area (Å²) in [6.45, 7) is 2.03. The molecule has 14 heavy (non-hydrogen) atoms. The van der Waals surface area contributed by atoms with Gasteiger partial charge in [-0.15, -0.1) is 11.6 Å². The van der Waals surface area contributed by atoms with Crippen LogP contribution in [0.4, 0.5) is 0 Å². The minimum absolute atomic E-state index is 0.291. The van der Waals surface area contributed by atoms with Gasteiger partial charge in [-0.05, 0) is 6.07 Å². The highest BCUT2D eigenvalue weighted by Crippen LogP contribution is 2.26. The van der Waals surface area contributed by atoms with Gasteiger partial charge in [0.15, 0.2) is 5.76 Å². The van der Waals surface area contributed by atoms with Crippen LogP contribution in [0.3, 0.4) is 0 Å². The van der Waals surface area contributed by atoms with E-state index in [1.54, 1.807) is 12.5 Å². The van der Waals surface area contributed by atoms with Crippen molar-refractivity contribution in [3.05, 3.63) is 30.2 Å². The monoisotopic (exact) mass is 211 g/mol. The van der Waals surface area contributed by atoms with Crippen LogP contribution >= 0.6 is 11.6 Å². The van der Waals surface area contributed by atoms with Crippen LogP contribution in [0.25, 0.3) is 11.3 Å². The first-order valence-corrected chi connectivity index (χ1v) is 4.96. The Labute approximate surface area is 86.7 Å². The predicted octanol–water partition coefficient (Wildman–Crippen LogP) is 3.24. The molecule has 0 aliphatic rings. The van der Waals surface area contributed by atoms with Crippen LogP contribution in [-0.4, -0.2) is 4.98 Å². The van der Waals surface area contributed by atoms with Gasteiger partial charge in [0.2, 0.25) is 5.89 Å². The molecule has 0 N–H and O–H groups in total. The van der Waals surface area contributed by atoms with Crippen LogP contribution in [0.5, 0.6) is 0 Å². The molecule has 0 atom stereocenters. The first kappa shape index (κ1) is 9.34. The lowest BCUT2D eigenvalue weighted by Crippen LogP contribution is -1.78. The Morgan fingerprint density at radius 3 is 3.00 bits per heavy atom. The van der Waals surface area contributed by atoms with E-state index in [1.165, 1.54) is 0 Å². The highest BCUT2D eigenvalue weighted by Gasteiger charge is 2.11. The van der Waals surface area contributed by atoms with Gasteiger partial charge in [-0.25, -0.2) is 4.98 Å². The Morgan fingerprint density at radius 1 is 1.50 bits per heavy atom. The molecule has 2 rings (SSSR count). The molecule has 0 aromatic carbocycles. The second-order valence-electron chi connectivity index (χ2n) is 2.86. The average molecular weight is 212 g/mol. The number of oxazole rings is 1. The maximum Gasteiger partial charge on any atom is 0.209 e. The van der Waals surface area contributed by atoms with Gasteiger partial charge in [-0.1, -0.05) is 6.92 Å². The second-order valence-corrected chi connectivity index (χ2v) is 3.13. The fraction of sp³-hybridized carbons (Fsp3) is 0.300. The lowest BCUT2D eigenvalue weighted by atomic mass is 10.2. The largest absolute Gasteiger partial charge is 0.469 e. The summed E-state index contributed by atoms with van der Waals surface area (Å²) < 4.78 is 10.7. The molecule has 0 aliphatic carbocycles. The average Bonchev–Trinajstić information content (AvgIpc) is 2.85. The summed E-state index contributed by atoms with van der Waals surface area (Å²) in [5.74, 6) is 2.44. The molecule has 2 aromatic heterocycles. The number of hydrogen-bond donors (Lipinski definition) is 0. The number of alkyl halides is 1. The Balaban J connectivity index is 2.38. The zero-order valence-corrected chi connectivity index (χ0v) is 8.54. The summed E-state index contributed by atoms with van der Waals surface area (Å²) >= 11 is 5.60. The number of rotatable bonds is 3. The van der Waals surface area contributed by atoms with E-state index >= 15 is 0 Å². The topological polar surface area (TPSA) is 39.2 Å². The SMILES string of the molecule is CCc1occc1-c1cnc(CCl)o1. The van der Waals surface area contributed by atoms with Gasteiger partial charge in [0.25, 0.3) is 0 Å². The molecular weight excluding hydrogens is 202 g/mol. The third kappa shape index (κ3) is 1.55. The van der Waals surface area contributed by atoms with E-state index in [4.69, 9.17) is 20.4 Å². The van der Waals surface area contributed by atoms with Gasteiger partial charge >= 0.3 is 0 Å². The number of aryl methyl sites for hydroxylation is 1. The highest BCUT2D eigenvalue weighted by molar-refractivity contribution is 6.16. The summed E-state index contributed by atoms with van der Waals surface area (Å²) in [5, 5.41) is 0. The van der Waals surface area contributed by atoms with Gasteiger partial charge in [-0.2, -0.15) is 0 Å². The van der Waals surface area contributed by atoms with Crippen molar-refractivity contribution in [1.82, 2.24) is 4.98 Å². The zero-order valence-electron chi connectivity index (χ0n) is 7.79. The first-order valence-electron chi connectivity index (χ1n) is 4.42. The lowest BCUT2D eigenvalue weighted by Gasteiger charge is -1.93. The molecule has 0 saturated carbocycles. The van der Waals surface area contributed by atoms with E-state index in [9.17, 15) is 0 Å². The van der Waals surface area contributed by atoms with E-state index in [0.29, 0.717) is 17.5 Å². The van der Waals surface area contributed by atoms with Crippen LogP contribution < -0.4 is 0 Å². The van der Waals surface area contributed by atoms with Gasteiger partial charge in [0, 0.05) is 6.42 Å². The van der Waals surface area contributed by atoms with Crippen molar-refractivity contribution in [3.8, 4) is 11.3 Å². The predicted molar refractivity (Wildman–Crippen MR) is 53.1 cm³/mol. The molecule has 0 radical (unpaired) electrons. The number of hydrogen-bond acceptors (Lipinski definition) is 3. The summed E-state index contributed by atoms with van der Waals surface area (Å²) in [7, 11) is 0. The third-order valence-corrected chi connectivity index (χ3v) is 2.23.